The molecule has 1 rings (SSSR count). The maximum absolute atomic E-state index is 5.71. The molecular formula is C10H20N2S. The fourth-order valence-corrected chi connectivity index (χ4v) is 2.46. The minimum atomic E-state index is 0.331. The molecule has 0 aliphatic carbocycles. The first-order valence-corrected chi connectivity index (χ1v) is 5.59. The van der Waals surface area contributed by atoms with Gasteiger partial charge in [0.05, 0.1) is 11.0 Å². The number of rotatable bonds is 3. The molecule has 0 aromatic heterocycles. The molecule has 0 aromatic carbocycles. The molecule has 0 radical (unpaired) electrons. The van der Waals surface area contributed by atoms with Crippen LogP contribution in [-0.2, 0) is 0 Å². The van der Waals surface area contributed by atoms with Crippen molar-refractivity contribution in [2.75, 3.05) is 13.1 Å². The highest BCUT2D eigenvalue weighted by molar-refractivity contribution is 7.80. The van der Waals surface area contributed by atoms with Gasteiger partial charge in [0, 0.05) is 6.54 Å². The average molecular weight is 200 g/mol. The normalized spacial score (nSPS) is 27.1. The Bertz CT molecular complexity index is 182. The summed E-state index contributed by atoms with van der Waals surface area (Å²) in [7, 11) is 0. The molecule has 1 fully saturated rings. The Morgan fingerprint density at radius 1 is 1.69 bits per heavy atom. The second kappa shape index (κ2) is 4.91. The SMILES string of the molecule is CCC(C(N)=S)N1CCCC(C)C1. The molecule has 2 N–H and O–H groups in total. The number of thiocarbonyl (C=S) groups is 1. The number of nitrogens with two attached hydrogens (primary N) is 1. The Labute approximate surface area is 86.5 Å². The summed E-state index contributed by atoms with van der Waals surface area (Å²) in [6.07, 6.45) is 3.69. The zero-order chi connectivity index (χ0) is 9.84. The van der Waals surface area contributed by atoms with Crippen LogP contribution in [0.15, 0.2) is 0 Å². The topological polar surface area (TPSA) is 29.3 Å². The number of hydrogen-bond donors (Lipinski definition) is 1. The van der Waals surface area contributed by atoms with Crippen LogP contribution in [0.3, 0.4) is 0 Å². The molecule has 76 valence electrons. The van der Waals surface area contributed by atoms with Crippen LogP contribution in [0.4, 0.5) is 0 Å². The number of hydrogen-bond acceptors (Lipinski definition) is 2. The molecule has 0 amide bonds. The lowest BCUT2D eigenvalue weighted by molar-refractivity contribution is 0.159. The van der Waals surface area contributed by atoms with Crippen molar-refractivity contribution in [2.45, 2.75) is 39.2 Å². The second-order valence-corrected chi connectivity index (χ2v) is 4.54. The third-order valence-electron chi connectivity index (χ3n) is 2.84. The molecule has 2 unspecified atom stereocenters. The van der Waals surface area contributed by atoms with Gasteiger partial charge in [0.2, 0.25) is 0 Å². The summed E-state index contributed by atoms with van der Waals surface area (Å²) in [5.74, 6) is 0.803. The van der Waals surface area contributed by atoms with Crippen LogP contribution >= 0.6 is 12.2 Å². The lowest BCUT2D eigenvalue weighted by Gasteiger charge is -2.36. The Morgan fingerprint density at radius 3 is 2.85 bits per heavy atom. The van der Waals surface area contributed by atoms with Gasteiger partial charge in [-0.2, -0.15) is 0 Å². The highest BCUT2D eigenvalue weighted by atomic mass is 32.1. The van der Waals surface area contributed by atoms with E-state index in [4.69, 9.17) is 18.0 Å². The zero-order valence-electron chi connectivity index (χ0n) is 8.62. The Kier molecular flexibility index (Phi) is 4.13. The van der Waals surface area contributed by atoms with Crippen LogP contribution < -0.4 is 5.73 Å². The van der Waals surface area contributed by atoms with Crippen molar-refractivity contribution in [3.8, 4) is 0 Å². The van der Waals surface area contributed by atoms with Crippen molar-refractivity contribution >= 4 is 17.2 Å². The lowest BCUT2D eigenvalue weighted by atomic mass is 9.98. The summed E-state index contributed by atoms with van der Waals surface area (Å²) < 4.78 is 0. The third-order valence-corrected chi connectivity index (χ3v) is 3.12. The maximum Gasteiger partial charge on any atom is 0.0901 e. The first-order chi connectivity index (χ1) is 6.15. The number of piperidine rings is 1. The summed E-state index contributed by atoms with van der Waals surface area (Å²) in [5, 5.41) is 0. The molecular weight excluding hydrogens is 180 g/mol. The summed E-state index contributed by atoms with van der Waals surface area (Å²) in [6, 6.07) is 0.331. The van der Waals surface area contributed by atoms with E-state index in [1.807, 2.05) is 0 Å². The van der Waals surface area contributed by atoms with Crippen LogP contribution in [0.1, 0.15) is 33.1 Å². The van der Waals surface area contributed by atoms with E-state index in [9.17, 15) is 0 Å². The molecule has 1 aliphatic rings. The molecule has 13 heavy (non-hydrogen) atoms. The average Bonchev–Trinajstić information content (AvgIpc) is 2.04. The molecule has 3 heteroatoms. The summed E-state index contributed by atoms with van der Waals surface area (Å²) in [5.41, 5.74) is 5.71. The van der Waals surface area contributed by atoms with Crippen molar-refractivity contribution in [1.29, 1.82) is 0 Å². The van der Waals surface area contributed by atoms with Gasteiger partial charge in [-0.15, -0.1) is 0 Å². The minimum absolute atomic E-state index is 0.331. The van der Waals surface area contributed by atoms with Crippen LogP contribution in [0.25, 0.3) is 0 Å². The first-order valence-electron chi connectivity index (χ1n) is 5.18. The number of nitrogens with zero attached hydrogens (tertiary/aromatic N) is 1. The quantitative estimate of drug-likeness (QED) is 0.704. The van der Waals surface area contributed by atoms with Crippen molar-refractivity contribution in [3.63, 3.8) is 0 Å². The van der Waals surface area contributed by atoms with Crippen molar-refractivity contribution < 1.29 is 0 Å². The van der Waals surface area contributed by atoms with Crippen LogP contribution in [-0.4, -0.2) is 29.0 Å². The largest absolute Gasteiger partial charge is 0.392 e. The maximum atomic E-state index is 5.71. The predicted molar refractivity (Wildman–Crippen MR) is 60.8 cm³/mol. The first kappa shape index (κ1) is 10.9. The van der Waals surface area contributed by atoms with E-state index < -0.39 is 0 Å². The highest BCUT2D eigenvalue weighted by Crippen LogP contribution is 2.18. The molecule has 1 heterocycles. The van der Waals surface area contributed by atoms with Gasteiger partial charge in [-0.05, 0) is 31.7 Å². The van der Waals surface area contributed by atoms with Crippen LogP contribution in [0.5, 0.6) is 0 Å². The molecule has 1 saturated heterocycles. The van der Waals surface area contributed by atoms with Gasteiger partial charge < -0.3 is 5.73 Å². The Morgan fingerprint density at radius 2 is 2.38 bits per heavy atom. The summed E-state index contributed by atoms with van der Waals surface area (Å²) in [6.45, 7) is 6.79. The molecule has 0 bridgehead atoms. The summed E-state index contributed by atoms with van der Waals surface area (Å²) >= 11 is 5.07. The van der Waals surface area contributed by atoms with Gasteiger partial charge in [0.25, 0.3) is 0 Å². The fraction of sp³-hybridized carbons (Fsp3) is 0.900. The molecule has 0 spiro atoms. The van der Waals surface area contributed by atoms with Crippen LogP contribution in [0.2, 0.25) is 0 Å². The standard InChI is InChI=1S/C10H20N2S/c1-3-9(10(11)13)12-6-4-5-8(2)7-12/h8-9H,3-7H2,1-2H3,(H2,11,13). The van der Waals surface area contributed by atoms with Crippen molar-refractivity contribution in [1.82, 2.24) is 4.90 Å². The van der Waals surface area contributed by atoms with E-state index in [0.717, 1.165) is 18.9 Å². The lowest BCUT2D eigenvalue weighted by Crippen LogP contribution is -2.47. The highest BCUT2D eigenvalue weighted by Gasteiger charge is 2.23. The van der Waals surface area contributed by atoms with Gasteiger partial charge >= 0.3 is 0 Å². The molecule has 1 aliphatic heterocycles. The van der Waals surface area contributed by atoms with E-state index in [0.29, 0.717) is 11.0 Å². The molecule has 0 aromatic rings. The van der Waals surface area contributed by atoms with Gasteiger partial charge in [0.1, 0.15) is 0 Å². The van der Waals surface area contributed by atoms with Gasteiger partial charge in [-0.3, -0.25) is 4.90 Å². The van der Waals surface area contributed by atoms with E-state index in [1.165, 1.54) is 19.4 Å². The second-order valence-electron chi connectivity index (χ2n) is 4.07. The third kappa shape index (κ3) is 2.92. The van der Waals surface area contributed by atoms with Crippen molar-refractivity contribution in [2.24, 2.45) is 11.7 Å². The Balaban J connectivity index is 2.52. The fourth-order valence-electron chi connectivity index (χ4n) is 2.15. The monoisotopic (exact) mass is 200 g/mol. The minimum Gasteiger partial charge on any atom is -0.392 e. The van der Waals surface area contributed by atoms with Gasteiger partial charge in [0.15, 0.2) is 0 Å². The van der Waals surface area contributed by atoms with E-state index in [1.54, 1.807) is 0 Å². The Hall–Kier alpha value is -0.150. The van der Waals surface area contributed by atoms with E-state index >= 15 is 0 Å². The smallest absolute Gasteiger partial charge is 0.0901 e. The zero-order valence-corrected chi connectivity index (χ0v) is 9.44. The predicted octanol–water partition coefficient (Wildman–Crippen LogP) is 1.78. The van der Waals surface area contributed by atoms with Gasteiger partial charge in [-0.25, -0.2) is 0 Å². The van der Waals surface area contributed by atoms with E-state index in [2.05, 4.69) is 18.7 Å². The molecule has 0 saturated carbocycles. The number of likely N-dealkylation sites (tertiary alicyclic amines) is 1. The molecule has 2 nitrogen and oxygen atoms in total. The van der Waals surface area contributed by atoms with Gasteiger partial charge in [-0.1, -0.05) is 26.1 Å². The van der Waals surface area contributed by atoms with Crippen molar-refractivity contribution in [3.05, 3.63) is 0 Å². The molecule has 2 atom stereocenters. The van der Waals surface area contributed by atoms with E-state index in [-0.39, 0.29) is 0 Å². The van der Waals surface area contributed by atoms with Crippen LogP contribution in [0, 0.1) is 5.92 Å². The summed E-state index contributed by atoms with van der Waals surface area (Å²) in [4.78, 5) is 3.10.